The third-order valence-corrected chi connectivity index (χ3v) is 3.08. The van der Waals surface area contributed by atoms with E-state index < -0.39 is 11.3 Å². The molecule has 0 saturated carbocycles. The van der Waals surface area contributed by atoms with Gasteiger partial charge in [0.15, 0.2) is 0 Å². The van der Waals surface area contributed by atoms with Crippen LogP contribution in [0.3, 0.4) is 0 Å². The molecular weight excluding hydrogens is 194 g/mol. The third-order valence-electron chi connectivity index (χ3n) is 1.61. The fraction of sp³-hybridized carbons (Fsp3) is 0.375. The average Bonchev–Trinajstić information content (AvgIpc) is 2.28. The lowest BCUT2D eigenvalue weighted by molar-refractivity contribution is -0.112. The van der Waals surface area contributed by atoms with Gasteiger partial charge in [-0.1, -0.05) is 0 Å². The van der Waals surface area contributed by atoms with Crippen molar-refractivity contribution in [2.75, 3.05) is 0 Å². The van der Waals surface area contributed by atoms with Crippen molar-refractivity contribution in [3.63, 3.8) is 0 Å². The topological polar surface area (TPSA) is 43.1 Å². The van der Waals surface area contributed by atoms with E-state index >= 15 is 0 Å². The van der Waals surface area contributed by atoms with Gasteiger partial charge in [-0.3, -0.25) is 4.79 Å². The summed E-state index contributed by atoms with van der Waals surface area (Å²) in [6, 6.07) is 1.34. The fourth-order valence-electron chi connectivity index (χ4n) is 1.07. The van der Waals surface area contributed by atoms with Crippen LogP contribution >= 0.6 is 22.9 Å². The molecule has 0 radical (unpaired) electrons. The maximum absolute atomic E-state index is 10.8. The zero-order valence-electron chi connectivity index (χ0n) is 6.93. The van der Waals surface area contributed by atoms with Gasteiger partial charge in [-0.05, 0) is 37.1 Å². The number of rotatable bonds is 2. The number of carbonyl (C=O) groups excluding carboxylic acids is 1. The van der Waals surface area contributed by atoms with Gasteiger partial charge in [0.2, 0.25) is 5.24 Å². The molecule has 66 valence electrons. The molecule has 0 spiro atoms. The number of hydrogen-bond donors (Lipinski definition) is 1. The first kappa shape index (κ1) is 9.71. The Hall–Kier alpha value is -0.380. The zero-order chi connectivity index (χ0) is 9.30. The summed E-state index contributed by atoms with van der Waals surface area (Å²) in [5.41, 5.74) is 6.62. The molecule has 12 heavy (non-hydrogen) atoms. The van der Waals surface area contributed by atoms with Gasteiger partial charge < -0.3 is 5.73 Å². The van der Waals surface area contributed by atoms with Gasteiger partial charge in [0.05, 0.1) is 0 Å². The second-order valence-corrected chi connectivity index (χ2v) is 4.35. The summed E-state index contributed by atoms with van der Waals surface area (Å²) >= 11 is 6.81. The Balaban J connectivity index is 3.02. The van der Waals surface area contributed by atoms with E-state index in [1.807, 2.05) is 19.9 Å². The zero-order valence-corrected chi connectivity index (χ0v) is 8.50. The Kier molecular flexibility index (Phi) is 2.88. The van der Waals surface area contributed by atoms with E-state index in [1.54, 1.807) is 0 Å². The van der Waals surface area contributed by atoms with Crippen molar-refractivity contribution in [2.24, 2.45) is 5.73 Å². The minimum atomic E-state index is -0.662. The van der Waals surface area contributed by atoms with Crippen molar-refractivity contribution >= 4 is 28.2 Å². The molecule has 1 rings (SSSR count). The highest BCUT2D eigenvalue weighted by molar-refractivity contribution is 7.12. The van der Waals surface area contributed by atoms with Gasteiger partial charge >= 0.3 is 0 Å². The number of aryl methyl sites for hydroxylation is 2. The summed E-state index contributed by atoms with van der Waals surface area (Å²) in [4.78, 5) is 12.8. The van der Waals surface area contributed by atoms with Crippen LogP contribution in [-0.4, -0.2) is 5.24 Å². The summed E-state index contributed by atoms with van der Waals surface area (Å²) in [5.74, 6) is 0. The van der Waals surface area contributed by atoms with Crippen LogP contribution in [-0.2, 0) is 4.79 Å². The molecule has 1 heterocycles. The number of thiophene rings is 1. The Morgan fingerprint density at radius 1 is 1.67 bits per heavy atom. The standard InChI is InChI=1S/C8H10ClNOS/c1-4-3-5(2)12-7(4)6(10)8(9)11/h3,6H,10H2,1-2H3. The number of hydrogen-bond acceptors (Lipinski definition) is 3. The normalized spacial score (nSPS) is 13.0. The third kappa shape index (κ3) is 1.86. The highest BCUT2D eigenvalue weighted by atomic mass is 35.5. The Morgan fingerprint density at radius 3 is 2.58 bits per heavy atom. The number of carbonyl (C=O) groups is 1. The minimum Gasteiger partial charge on any atom is -0.316 e. The van der Waals surface area contributed by atoms with Crippen molar-refractivity contribution in [1.29, 1.82) is 0 Å². The minimum absolute atomic E-state index is 0.500. The second-order valence-electron chi connectivity index (χ2n) is 2.69. The molecule has 0 aliphatic carbocycles. The van der Waals surface area contributed by atoms with E-state index in [0.29, 0.717) is 0 Å². The Labute approximate surface area is 80.3 Å². The van der Waals surface area contributed by atoms with Crippen LogP contribution in [0.1, 0.15) is 21.4 Å². The van der Waals surface area contributed by atoms with Crippen molar-refractivity contribution in [3.8, 4) is 0 Å². The van der Waals surface area contributed by atoms with Crippen LogP contribution in [0.5, 0.6) is 0 Å². The van der Waals surface area contributed by atoms with E-state index in [1.165, 1.54) is 11.3 Å². The summed E-state index contributed by atoms with van der Waals surface area (Å²) in [7, 11) is 0. The molecule has 2 nitrogen and oxygen atoms in total. The van der Waals surface area contributed by atoms with Crippen LogP contribution in [0.4, 0.5) is 0 Å². The first-order chi connectivity index (χ1) is 5.52. The van der Waals surface area contributed by atoms with E-state index in [9.17, 15) is 4.79 Å². The first-order valence-electron chi connectivity index (χ1n) is 3.54. The molecule has 0 aliphatic rings. The predicted molar refractivity (Wildman–Crippen MR) is 51.6 cm³/mol. The number of halogens is 1. The summed E-state index contributed by atoms with van der Waals surface area (Å²) < 4.78 is 0. The quantitative estimate of drug-likeness (QED) is 0.749. The smallest absolute Gasteiger partial charge is 0.243 e. The molecule has 0 aliphatic heterocycles. The highest BCUT2D eigenvalue weighted by Crippen LogP contribution is 2.27. The average molecular weight is 204 g/mol. The fourth-order valence-corrected chi connectivity index (χ4v) is 2.28. The second kappa shape index (κ2) is 3.56. The molecule has 1 unspecified atom stereocenters. The van der Waals surface area contributed by atoms with E-state index in [0.717, 1.165) is 15.3 Å². The van der Waals surface area contributed by atoms with Gasteiger partial charge in [-0.15, -0.1) is 11.3 Å². The maximum atomic E-state index is 10.8. The van der Waals surface area contributed by atoms with Crippen molar-refractivity contribution < 1.29 is 4.79 Å². The van der Waals surface area contributed by atoms with Gasteiger partial charge in [0.1, 0.15) is 6.04 Å². The number of nitrogens with two attached hydrogens (primary N) is 1. The molecule has 4 heteroatoms. The Morgan fingerprint density at radius 2 is 2.25 bits per heavy atom. The molecule has 0 saturated heterocycles. The Bertz CT molecular complexity index is 308. The lowest BCUT2D eigenvalue weighted by atomic mass is 10.2. The van der Waals surface area contributed by atoms with Gasteiger partial charge in [-0.25, -0.2) is 0 Å². The SMILES string of the molecule is Cc1cc(C)c(C(N)C(=O)Cl)s1. The molecule has 0 fully saturated rings. The van der Waals surface area contributed by atoms with E-state index in [-0.39, 0.29) is 0 Å². The molecule has 0 bridgehead atoms. The largest absolute Gasteiger partial charge is 0.316 e. The van der Waals surface area contributed by atoms with Crippen LogP contribution in [0, 0.1) is 13.8 Å². The summed E-state index contributed by atoms with van der Waals surface area (Å²) in [5, 5.41) is -0.500. The van der Waals surface area contributed by atoms with Crippen LogP contribution < -0.4 is 5.73 Å². The van der Waals surface area contributed by atoms with Crippen LogP contribution in [0.15, 0.2) is 6.07 Å². The van der Waals surface area contributed by atoms with Gasteiger partial charge in [0, 0.05) is 9.75 Å². The molecule has 0 amide bonds. The predicted octanol–water partition coefficient (Wildman–Crippen LogP) is 2.13. The van der Waals surface area contributed by atoms with Crippen LogP contribution in [0.2, 0.25) is 0 Å². The summed E-state index contributed by atoms with van der Waals surface area (Å²) in [6.45, 7) is 3.91. The lowest BCUT2D eigenvalue weighted by Crippen LogP contribution is -2.16. The first-order valence-corrected chi connectivity index (χ1v) is 4.73. The molecule has 1 atom stereocenters. The van der Waals surface area contributed by atoms with Crippen molar-refractivity contribution in [2.45, 2.75) is 19.9 Å². The van der Waals surface area contributed by atoms with Crippen molar-refractivity contribution in [3.05, 3.63) is 21.4 Å². The lowest BCUT2D eigenvalue weighted by Gasteiger charge is -2.03. The van der Waals surface area contributed by atoms with Crippen molar-refractivity contribution in [1.82, 2.24) is 0 Å². The molecule has 0 aromatic carbocycles. The summed E-state index contributed by atoms with van der Waals surface area (Å²) in [6.07, 6.45) is 0. The molecule has 1 aromatic heterocycles. The monoisotopic (exact) mass is 203 g/mol. The maximum Gasteiger partial charge on any atom is 0.243 e. The van der Waals surface area contributed by atoms with Crippen LogP contribution in [0.25, 0.3) is 0 Å². The molecule has 1 aromatic rings. The highest BCUT2D eigenvalue weighted by Gasteiger charge is 2.17. The molecule has 2 N–H and O–H groups in total. The van der Waals surface area contributed by atoms with Gasteiger partial charge in [-0.2, -0.15) is 0 Å². The van der Waals surface area contributed by atoms with E-state index in [2.05, 4.69) is 0 Å². The molecular formula is C8H10ClNOS. The van der Waals surface area contributed by atoms with E-state index in [4.69, 9.17) is 17.3 Å². The van der Waals surface area contributed by atoms with Gasteiger partial charge in [0.25, 0.3) is 0 Å².